The lowest BCUT2D eigenvalue weighted by Gasteiger charge is -2.26. The van der Waals surface area contributed by atoms with Crippen LogP contribution in [0, 0.1) is 6.92 Å². The van der Waals surface area contributed by atoms with E-state index in [4.69, 9.17) is 4.98 Å². The van der Waals surface area contributed by atoms with Crippen molar-refractivity contribution in [1.82, 2.24) is 20.2 Å². The fraction of sp³-hybridized carbons (Fsp3) is 0.308. The number of H-pyrrole nitrogens is 1. The van der Waals surface area contributed by atoms with Crippen LogP contribution in [0.5, 0.6) is 0 Å². The maximum Gasteiger partial charge on any atom is 0.254 e. The molecule has 1 fully saturated rings. The lowest BCUT2D eigenvalue weighted by atomic mass is 10.0. The third-order valence-corrected chi connectivity index (χ3v) is 6.62. The molecule has 168 valence electrons. The van der Waals surface area contributed by atoms with E-state index in [0.29, 0.717) is 35.6 Å². The second-order valence-electron chi connectivity index (χ2n) is 8.74. The van der Waals surface area contributed by atoms with Crippen molar-refractivity contribution in [2.45, 2.75) is 44.7 Å². The number of amides is 2. The summed E-state index contributed by atoms with van der Waals surface area (Å²) >= 11 is 0. The van der Waals surface area contributed by atoms with Crippen LogP contribution in [0.15, 0.2) is 59.4 Å². The number of likely N-dealkylation sites (tertiary alicyclic amines) is 1. The number of rotatable bonds is 5. The molecule has 1 saturated heterocycles. The average Bonchev–Trinajstić information content (AvgIpc) is 3.42. The summed E-state index contributed by atoms with van der Waals surface area (Å²) in [5, 5.41) is 2.92. The van der Waals surface area contributed by atoms with E-state index in [-0.39, 0.29) is 35.9 Å². The lowest BCUT2D eigenvalue weighted by Crippen LogP contribution is -2.35. The van der Waals surface area contributed by atoms with Gasteiger partial charge in [0.15, 0.2) is 0 Å². The SMILES string of the molecule is Cc1nc([C@H]2CCCN2C(=O)C[C@@H]2NC(=O)c3ccccc32)[nH]c(=O)c1Cc1ccccc1. The minimum atomic E-state index is -0.329. The number of nitrogens with one attached hydrogen (secondary N) is 2. The Bertz CT molecular complexity index is 1270. The van der Waals surface area contributed by atoms with Crippen molar-refractivity contribution in [2.75, 3.05) is 6.54 Å². The maximum absolute atomic E-state index is 13.2. The standard InChI is InChI=1S/C26H26N4O3/c1-16-20(14-17-8-3-2-4-9-17)26(33)29-24(27-16)22-12-7-13-30(22)23(31)15-21-18-10-5-6-11-19(18)25(32)28-21/h2-6,8-11,21-22H,7,12-15H2,1H3,(H,28,32)(H,27,29,33)/t21-,22+/m0/s1. The zero-order valence-electron chi connectivity index (χ0n) is 18.5. The zero-order valence-corrected chi connectivity index (χ0v) is 18.5. The van der Waals surface area contributed by atoms with E-state index in [1.165, 1.54) is 0 Å². The largest absolute Gasteiger partial charge is 0.345 e. The predicted molar refractivity (Wildman–Crippen MR) is 124 cm³/mol. The smallest absolute Gasteiger partial charge is 0.254 e. The van der Waals surface area contributed by atoms with Gasteiger partial charge in [-0.25, -0.2) is 4.98 Å². The maximum atomic E-state index is 13.2. The Morgan fingerprint density at radius 2 is 1.85 bits per heavy atom. The summed E-state index contributed by atoms with van der Waals surface area (Å²) in [5.74, 6) is 0.348. The first-order valence-corrected chi connectivity index (χ1v) is 11.3. The normalized spacial score (nSPS) is 19.4. The Balaban J connectivity index is 1.35. The van der Waals surface area contributed by atoms with Gasteiger partial charge in [0.2, 0.25) is 5.91 Å². The Morgan fingerprint density at radius 1 is 1.09 bits per heavy atom. The number of carbonyl (C=O) groups is 2. The van der Waals surface area contributed by atoms with Gasteiger partial charge in [0.25, 0.3) is 11.5 Å². The van der Waals surface area contributed by atoms with Crippen molar-refractivity contribution in [2.24, 2.45) is 0 Å². The molecule has 3 heterocycles. The van der Waals surface area contributed by atoms with Gasteiger partial charge in [-0.2, -0.15) is 0 Å². The van der Waals surface area contributed by atoms with E-state index in [0.717, 1.165) is 24.0 Å². The molecule has 5 rings (SSSR count). The fourth-order valence-electron chi connectivity index (χ4n) is 4.92. The Hall–Kier alpha value is -3.74. The van der Waals surface area contributed by atoms with Crippen molar-refractivity contribution in [1.29, 1.82) is 0 Å². The number of carbonyl (C=O) groups excluding carboxylic acids is 2. The van der Waals surface area contributed by atoms with E-state index < -0.39 is 0 Å². The third-order valence-electron chi connectivity index (χ3n) is 6.62. The van der Waals surface area contributed by atoms with Gasteiger partial charge in [0.05, 0.1) is 18.5 Å². The summed E-state index contributed by atoms with van der Waals surface area (Å²) in [4.78, 5) is 47.8. The number of nitrogens with zero attached hydrogens (tertiary/aromatic N) is 2. The molecule has 2 aliphatic rings. The van der Waals surface area contributed by atoms with Crippen LogP contribution in [-0.4, -0.2) is 33.2 Å². The number of aromatic nitrogens is 2. The molecule has 0 bridgehead atoms. The van der Waals surface area contributed by atoms with Gasteiger partial charge in [0.1, 0.15) is 5.82 Å². The Kier molecular flexibility index (Phi) is 5.54. The Labute approximate surface area is 191 Å². The fourth-order valence-corrected chi connectivity index (χ4v) is 4.92. The number of aryl methyl sites for hydroxylation is 1. The highest BCUT2D eigenvalue weighted by molar-refractivity contribution is 5.99. The first kappa shape index (κ1) is 21.1. The van der Waals surface area contributed by atoms with E-state index >= 15 is 0 Å². The van der Waals surface area contributed by atoms with Crippen LogP contribution in [0.1, 0.15) is 69.9 Å². The van der Waals surface area contributed by atoms with Gasteiger partial charge in [0, 0.05) is 29.8 Å². The highest BCUT2D eigenvalue weighted by Crippen LogP contribution is 2.33. The molecular weight excluding hydrogens is 416 g/mol. The molecule has 0 radical (unpaired) electrons. The average molecular weight is 443 g/mol. The molecule has 0 aliphatic carbocycles. The molecule has 2 amide bonds. The predicted octanol–water partition coefficient (Wildman–Crippen LogP) is 3.21. The lowest BCUT2D eigenvalue weighted by molar-refractivity contribution is -0.132. The monoisotopic (exact) mass is 442 g/mol. The highest BCUT2D eigenvalue weighted by atomic mass is 16.2. The number of aromatic amines is 1. The van der Waals surface area contributed by atoms with Gasteiger partial charge >= 0.3 is 0 Å². The van der Waals surface area contributed by atoms with Crippen LogP contribution >= 0.6 is 0 Å². The van der Waals surface area contributed by atoms with Crippen molar-refractivity contribution in [3.05, 3.63) is 98.7 Å². The van der Waals surface area contributed by atoms with Gasteiger partial charge in [-0.1, -0.05) is 48.5 Å². The van der Waals surface area contributed by atoms with E-state index in [2.05, 4.69) is 10.3 Å². The molecule has 0 saturated carbocycles. The summed E-state index contributed by atoms with van der Waals surface area (Å²) in [6.07, 6.45) is 2.30. The highest BCUT2D eigenvalue weighted by Gasteiger charge is 2.36. The molecule has 33 heavy (non-hydrogen) atoms. The minimum Gasteiger partial charge on any atom is -0.345 e. The van der Waals surface area contributed by atoms with Crippen molar-refractivity contribution >= 4 is 11.8 Å². The third kappa shape index (κ3) is 4.06. The molecule has 7 nitrogen and oxygen atoms in total. The molecule has 0 unspecified atom stereocenters. The van der Waals surface area contributed by atoms with Gasteiger partial charge in [-0.3, -0.25) is 14.4 Å². The summed E-state index contributed by atoms with van der Waals surface area (Å²) < 4.78 is 0. The number of hydrogen-bond donors (Lipinski definition) is 2. The van der Waals surface area contributed by atoms with Crippen LogP contribution in [0.4, 0.5) is 0 Å². The molecule has 7 heteroatoms. The molecular formula is C26H26N4O3. The second-order valence-corrected chi connectivity index (χ2v) is 8.74. The molecule has 2 N–H and O–H groups in total. The van der Waals surface area contributed by atoms with E-state index in [9.17, 15) is 14.4 Å². The topological polar surface area (TPSA) is 95.2 Å². The quantitative estimate of drug-likeness (QED) is 0.634. The van der Waals surface area contributed by atoms with Crippen molar-refractivity contribution in [3.8, 4) is 0 Å². The number of fused-ring (bicyclic) bond motifs is 1. The van der Waals surface area contributed by atoms with Crippen molar-refractivity contribution in [3.63, 3.8) is 0 Å². The van der Waals surface area contributed by atoms with Crippen LogP contribution in [0.25, 0.3) is 0 Å². The van der Waals surface area contributed by atoms with Gasteiger partial charge in [-0.05, 0) is 37.0 Å². The summed E-state index contributed by atoms with van der Waals surface area (Å²) in [5.41, 5.74) is 3.72. The molecule has 2 aromatic carbocycles. The number of hydrogen-bond acceptors (Lipinski definition) is 4. The molecule has 2 aliphatic heterocycles. The summed E-state index contributed by atoms with van der Waals surface area (Å²) in [6.45, 7) is 2.46. The Morgan fingerprint density at radius 3 is 2.64 bits per heavy atom. The first-order valence-electron chi connectivity index (χ1n) is 11.3. The van der Waals surface area contributed by atoms with Crippen LogP contribution in [0.2, 0.25) is 0 Å². The molecule has 0 spiro atoms. The second kappa shape index (κ2) is 8.65. The summed E-state index contributed by atoms with van der Waals surface area (Å²) in [6, 6.07) is 16.6. The van der Waals surface area contributed by atoms with Crippen LogP contribution < -0.4 is 10.9 Å². The van der Waals surface area contributed by atoms with Crippen molar-refractivity contribution < 1.29 is 9.59 Å². The molecule has 1 aromatic heterocycles. The number of benzene rings is 2. The molecule has 2 atom stereocenters. The minimum absolute atomic E-state index is 0.0480. The van der Waals surface area contributed by atoms with Crippen LogP contribution in [0.3, 0.4) is 0 Å². The van der Waals surface area contributed by atoms with Crippen LogP contribution in [-0.2, 0) is 11.2 Å². The van der Waals surface area contributed by atoms with Gasteiger partial charge < -0.3 is 15.2 Å². The van der Waals surface area contributed by atoms with E-state index in [1.807, 2.05) is 55.5 Å². The summed E-state index contributed by atoms with van der Waals surface area (Å²) in [7, 11) is 0. The first-order chi connectivity index (χ1) is 16.0. The molecule has 3 aromatic rings. The van der Waals surface area contributed by atoms with E-state index in [1.54, 1.807) is 11.0 Å². The zero-order chi connectivity index (χ0) is 22.9. The van der Waals surface area contributed by atoms with Gasteiger partial charge in [-0.15, -0.1) is 0 Å².